The Bertz CT molecular complexity index is 223. The summed E-state index contributed by atoms with van der Waals surface area (Å²) in [6, 6.07) is 0. The van der Waals surface area contributed by atoms with E-state index in [1.807, 2.05) is 0 Å². The van der Waals surface area contributed by atoms with Gasteiger partial charge in [0.05, 0.1) is 0 Å². The van der Waals surface area contributed by atoms with Crippen LogP contribution < -0.4 is 5.32 Å². The Hall–Kier alpha value is -0.120. The zero-order valence-electron chi connectivity index (χ0n) is 12.5. The minimum atomic E-state index is 0.280. The fourth-order valence-electron chi connectivity index (χ4n) is 2.71. The SMILES string of the molecule is CC(C)C(CO)CNCC(C)(C)C1CCOCC1. The normalized spacial score (nSPS) is 20.3. The molecule has 0 radical (unpaired) electrons. The Labute approximate surface area is 112 Å². The number of aliphatic hydroxyl groups is 1. The maximum Gasteiger partial charge on any atom is 0.0473 e. The highest BCUT2D eigenvalue weighted by atomic mass is 16.5. The second-order valence-corrected chi connectivity index (χ2v) is 6.69. The second-order valence-electron chi connectivity index (χ2n) is 6.69. The molecular formula is C15H31NO2. The highest BCUT2D eigenvalue weighted by Crippen LogP contribution is 2.33. The first-order valence-electron chi connectivity index (χ1n) is 7.36. The number of aliphatic hydroxyl groups excluding tert-OH is 1. The van der Waals surface area contributed by atoms with Gasteiger partial charge in [0, 0.05) is 32.9 Å². The van der Waals surface area contributed by atoms with E-state index in [1.54, 1.807) is 0 Å². The van der Waals surface area contributed by atoms with E-state index in [9.17, 15) is 5.11 Å². The van der Waals surface area contributed by atoms with Crippen LogP contribution in [0.4, 0.5) is 0 Å². The zero-order valence-corrected chi connectivity index (χ0v) is 12.5. The lowest BCUT2D eigenvalue weighted by Gasteiger charge is -2.37. The topological polar surface area (TPSA) is 41.5 Å². The fourth-order valence-corrected chi connectivity index (χ4v) is 2.71. The number of hydrogen-bond donors (Lipinski definition) is 2. The predicted octanol–water partition coefficient (Wildman–Crippen LogP) is 2.29. The average molecular weight is 257 g/mol. The molecule has 0 amide bonds. The molecule has 0 aromatic carbocycles. The van der Waals surface area contributed by atoms with Crippen molar-refractivity contribution in [2.24, 2.45) is 23.2 Å². The molecule has 0 saturated carbocycles. The van der Waals surface area contributed by atoms with Crippen molar-refractivity contribution in [2.75, 3.05) is 32.9 Å². The summed E-state index contributed by atoms with van der Waals surface area (Å²) < 4.78 is 5.43. The summed E-state index contributed by atoms with van der Waals surface area (Å²) in [6.45, 7) is 13.1. The summed E-state index contributed by atoms with van der Waals surface area (Å²) in [5, 5.41) is 12.9. The number of nitrogens with one attached hydrogen (secondary N) is 1. The predicted molar refractivity (Wildman–Crippen MR) is 75.6 cm³/mol. The molecular weight excluding hydrogens is 226 g/mol. The molecule has 1 aliphatic rings. The summed E-state index contributed by atoms with van der Waals surface area (Å²) in [7, 11) is 0. The number of hydrogen-bond acceptors (Lipinski definition) is 3. The van der Waals surface area contributed by atoms with E-state index in [4.69, 9.17) is 4.74 Å². The van der Waals surface area contributed by atoms with Gasteiger partial charge < -0.3 is 15.2 Å². The Balaban J connectivity index is 2.31. The molecule has 18 heavy (non-hydrogen) atoms. The molecule has 1 unspecified atom stereocenters. The van der Waals surface area contributed by atoms with Gasteiger partial charge in [0.15, 0.2) is 0 Å². The smallest absolute Gasteiger partial charge is 0.0473 e. The van der Waals surface area contributed by atoms with Gasteiger partial charge in [0.25, 0.3) is 0 Å². The highest BCUT2D eigenvalue weighted by molar-refractivity contribution is 4.82. The van der Waals surface area contributed by atoms with Crippen LogP contribution in [0.1, 0.15) is 40.5 Å². The Kier molecular flexibility index (Phi) is 6.61. The van der Waals surface area contributed by atoms with E-state index in [0.717, 1.165) is 32.2 Å². The molecule has 0 bridgehead atoms. The maximum atomic E-state index is 9.32. The fraction of sp³-hybridized carbons (Fsp3) is 1.00. The van der Waals surface area contributed by atoms with Crippen molar-refractivity contribution in [3.63, 3.8) is 0 Å². The molecule has 1 rings (SSSR count). The standard InChI is InChI=1S/C15H31NO2/c1-12(2)13(10-17)9-16-11-15(3,4)14-5-7-18-8-6-14/h12-14,16-17H,5-11H2,1-4H3. The summed E-state index contributed by atoms with van der Waals surface area (Å²) >= 11 is 0. The molecule has 3 heteroatoms. The van der Waals surface area contributed by atoms with E-state index >= 15 is 0 Å². The molecule has 1 saturated heterocycles. The van der Waals surface area contributed by atoms with Crippen LogP contribution >= 0.6 is 0 Å². The van der Waals surface area contributed by atoms with Gasteiger partial charge in [-0.05, 0) is 36.0 Å². The van der Waals surface area contributed by atoms with Crippen LogP contribution in [0, 0.1) is 23.2 Å². The minimum absolute atomic E-state index is 0.280. The van der Waals surface area contributed by atoms with Gasteiger partial charge in [-0.1, -0.05) is 27.7 Å². The molecule has 1 atom stereocenters. The van der Waals surface area contributed by atoms with E-state index < -0.39 is 0 Å². The third-order valence-electron chi connectivity index (χ3n) is 4.49. The molecule has 0 aromatic rings. The van der Waals surface area contributed by atoms with Crippen LogP contribution in [0.2, 0.25) is 0 Å². The summed E-state index contributed by atoms with van der Waals surface area (Å²) in [6.07, 6.45) is 2.37. The Morgan fingerprint density at radius 3 is 2.39 bits per heavy atom. The molecule has 3 nitrogen and oxygen atoms in total. The largest absolute Gasteiger partial charge is 0.396 e. The Morgan fingerprint density at radius 2 is 1.89 bits per heavy atom. The van der Waals surface area contributed by atoms with Gasteiger partial charge in [0.2, 0.25) is 0 Å². The lowest BCUT2D eigenvalue weighted by atomic mass is 9.74. The van der Waals surface area contributed by atoms with Crippen molar-refractivity contribution in [3.8, 4) is 0 Å². The van der Waals surface area contributed by atoms with Crippen LogP contribution in [0.15, 0.2) is 0 Å². The lowest BCUT2D eigenvalue weighted by Crippen LogP contribution is -2.40. The molecule has 0 aliphatic carbocycles. The van der Waals surface area contributed by atoms with E-state index in [1.165, 1.54) is 12.8 Å². The van der Waals surface area contributed by atoms with Gasteiger partial charge in [0.1, 0.15) is 0 Å². The van der Waals surface area contributed by atoms with Crippen LogP contribution in [-0.2, 0) is 4.74 Å². The van der Waals surface area contributed by atoms with Crippen molar-refractivity contribution >= 4 is 0 Å². The highest BCUT2D eigenvalue weighted by Gasteiger charge is 2.30. The van der Waals surface area contributed by atoms with Crippen molar-refractivity contribution in [1.29, 1.82) is 0 Å². The molecule has 0 aromatic heterocycles. The van der Waals surface area contributed by atoms with Gasteiger partial charge in [-0.2, -0.15) is 0 Å². The minimum Gasteiger partial charge on any atom is -0.396 e. The molecule has 1 heterocycles. The third-order valence-corrected chi connectivity index (χ3v) is 4.49. The first-order valence-corrected chi connectivity index (χ1v) is 7.36. The van der Waals surface area contributed by atoms with Crippen LogP contribution in [-0.4, -0.2) is 38.0 Å². The average Bonchev–Trinajstić information content (AvgIpc) is 2.35. The number of ether oxygens (including phenoxy) is 1. The maximum absolute atomic E-state index is 9.32. The quantitative estimate of drug-likeness (QED) is 0.735. The van der Waals surface area contributed by atoms with Gasteiger partial charge >= 0.3 is 0 Å². The van der Waals surface area contributed by atoms with Crippen LogP contribution in [0.5, 0.6) is 0 Å². The van der Waals surface area contributed by atoms with E-state index in [0.29, 0.717) is 17.3 Å². The molecule has 0 spiro atoms. The van der Waals surface area contributed by atoms with Crippen LogP contribution in [0.3, 0.4) is 0 Å². The second kappa shape index (κ2) is 7.46. The summed E-state index contributed by atoms with van der Waals surface area (Å²) in [4.78, 5) is 0. The monoisotopic (exact) mass is 257 g/mol. The Morgan fingerprint density at radius 1 is 1.28 bits per heavy atom. The van der Waals surface area contributed by atoms with Gasteiger partial charge in [-0.15, -0.1) is 0 Å². The van der Waals surface area contributed by atoms with Crippen LogP contribution in [0.25, 0.3) is 0 Å². The van der Waals surface area contributed by atoms with E-state index in [-0.39, 0.29) is 6.61 Å². The molecule has 1 fully saturated rings. The number of rotatable bonds is 7. The lowest BCUT2D eigenvalue weighted by molar-refractivity contribution is 0.0221. The van der Waals surface area contributed by atoms with E-state index in [2.05, 4.69) is 33.0 Å². The van der Waals surface area contributed by atoms with Gasteiger partial charge in [-0.3, -0.25) is 0 Å². The summed E-state index contributed by atoms with van der Waals surface area (Å²) in [5.41, 5.74) is 0.320. The summed E-state index contributed by atoms with van der Waals surface area (Å²) in [5.74, 6) is 1.66. The first-order chi connectivity index (χ1) is 8.47. The van der Waals surface area contributed by atoms with Gasteiger partial charge in [-0.25, -0.2) is 0 Å². The molecule has 2 N–H and O–H groups in total. The molecule has 1 aliphatic heterocycles. The zero-order chi connectivity index (χ0) is 13.6. The van der Waals surface area contributed by atoms with Crippen molar-refractivity contribution in [1.82, 2.24) is 5.32 Å². The first kappa shape index (κ1) is 15.9. The van der Waals surface area contributed by atoms with Crippen molar-refractivity contribution in [2.45, 2.75) is 40.5 Å². The van der Waals surface area contributed by atoms with Crippen molar-refractivity contribution in [3.05, 3.63) is 0 Å². The molecule has 108 valence electrons. The third kappa shape index (κ3) is 4.87. The van der Waals surface area contributed by atoms with Crippen molar-refractivity contribution < 1.29 is 9.84 Å².